The molecule has 2 aromatic rings. The molecule has 1 atom stereocenters. The molecule has 1 aliphatic rings. The van der Waals surface area contributed by atoms with Gasteiger partial charge in [-0.1, -0.05) is 18.2 Å². The molecular formula is C18H19N3O2S. The van der Waals surface area contributed by atoms with Gasteiger partial charge in [0.25, 0.3) is 0 Å². The molecule has 6 heteroatoms. The van der Waals surface area contributed by atoms with E-state index in [1.165, 1.54) is 17.4 Å². The standard InChI is InChI=1S/C18H19N3O2S/c1-13-19-14(12-24-13)9-10-17(22)20-16-8-5-11-21(18(16)23)15-6-3-2-4-7-15/h2-4,6-7,9-10,12,16H,5,8,11H2,1H3,(H,20,22)/b10-9+/t16-/m1/s1. The van der Waals surface area contributed by atoms with Gasteiger partial charge in [0, 0.05) is 23.7 Å². The number of amides is 2. The minimum absolute atomic E-state index is 0.0568. The molecule has 1 aromatic carbocycles. The number of hydrogen-bond acceptors (Lipinski definition) is 4. The second kappa shape index (κ2) is 7.40. The largest absolute Gasteiger partial charge is 0.341 e. The van der Waals surface area contributed by atoms with Crippen molar-refractivity contribution < 1.29 is 9.59 Å². The Balaban J connectivity index is 1.63. The van der Waals surface area contributed by atoms with Crippen LogP contribution >= 0.6 is 11.3 Å². The monoisotopic (exact) mass is 341 g/mol. The lowest BCUT2D eigenvalue weighted by molar-refractivity contribution is -0.126. The van der Waals surface area contributed by atoms with Crippen molar-refractivity contribution in [2.75, 3.05) is 11.4 Å². The van der Waals surface area contributed by atoms with Crippen LogP contribution in [0.2, 0.25) is 0 Å². The van der Waals surface area contributed by atoms with Crippen LogP contribution in [-0.2, 0) is 9.59 Å². The van der Waals surface area contributed by atoms with Crippen LogP contribution in [0.1, 0.15) is 23.5 Å². The first-order valence-electron chi connectivity index (χ1n) is 7.90. The van der Waals surface area contributed by atoms with E-state index in [1.54, 1.807) is 11.0 Å². The third-order valence-corrected chi connectivity index (χ3v) is 4.66. The topological polar surface area (TPSA) is 62.3 Å². The number of para-hydroxylation sites is 1. The zero-order valence-electron chi connectivity index (χ0n) is 13.4. The van der Waals surface area contributed by atoms with E-state index in [1.807, 2.05) is 42.6 Å². The zero-order chi connectivity index (χ0) is 16.9. The normalized spacial score (nSPS) is 18.1. The SMILES string of the molecule is Cc1nc(/C=C/C(=O)N[C@@H]2CCCN(c3ccccc3)C2=O)cs1. The number of piperidine rings is 1. The number of hydrogen-bond donors (Lipinski definition) is 1. The summed E-state index contributed by atoms with van der Waals surface area (Å²) in [5, 5.41) is 5.65. The van der Waals surface area contributed by atoms with Crippen LogP contribution in [0.15, 0.2) is 41.8 Å². The van der Waals surface area contributed by atoms with Crippen LogP contribution in [-0.4, -0.2) is 29.4 Å². The highest BCUT2D eigenvalue weighted by molar-refractivity contribution is 7.09. The molecule has 0 radical (unpaired) electrons. The zero-order valence-corrected chi connectivity index (χ0v) is 14.3. The summed E-state index contributed by atoms with van der Waals surface area (Å²) in [7, 11) is 0. The van der Waals surface area contributed by atoms with Gasteiger partial charge in [0.1, 0.15) is 6.04 Å². The lowest BCUT2D eigenvalue weighted by Gasteiger charge is -2.32. The maximum absolute atomic E-state index is 12.6. The number of carbonyl (C=O) groups is 2. The Labute approximate surface area is 145 Å². The summed E-state index contributed by atoms with van der Waals surface area (Å²) in [6.45, 7) is 2.60. The van der Waals surface area contributed by atoms with Crippen molar-refractivity contribution in [2.24, 2.45) is 0 Å². The lowest BCUT2D eigenvalue weighted by Crippen LogP contribution is -2.52. The van der Waals surface area contributed by atoms with E-state index in [0.717, 1.165) is 22.8 Å². The van der Waals surface area contributed by atoms with Gasteiger partial charge in [0.2, 0.25) is 11.8 Å². The fourth-order valence-corrected chi connectivity index (χ4v) is 3.29. The fraction of sp³-hybridized carbons (Fsp3) is 0.278. The Hall–Kier alpha value is -2.47. The van der Waals surface area contributed by atoms with Crippen molar-refractivity contribution in [3.8, 4) is 0 Å². The number of nitrogens with zero attached hydrogens (tertiary/aromatic N) is 2. The number of aromatic nitrogens is 1. The summed E-state index contributed by atoms with van der Waals surface area (Å²) in [6, 6.07) is 9.07. The molecule has 1 aliphatic heterocycles. The number of rotatable bonds is 4. The summed E-state index contributed by atoms with van der Waals surface area (Å²) in [5.41, 5.74) is 1.63. The summed E-state index contributed by atoms with van der Waals surface area (Å²) in [5.74, 6) is -0.326. The minimum atomic E-state index is -0.478. The van der Waals surface area contributed by atoms with Gasteiger partial charge >= 0.3 is 0 Å². The first-order valence-corrected chi connectivity index (χ1v) is 8.78. The number of thiazole rings is 1. The van der Waals surface area contributed by atoms with E-state index in [0.29, 0.717) is 13.0 Å². The Kier molecular flexibility index (Phi) is 5.05. The predicted octanol–water partition coefficient (Wildman–Crippen LogP) is 2.78. The molecule has 3 rings (SSSR count). The first-order chi connectivity index (χ1) is 11.6. The molecule has 24 heavy (non-hydrogen) atoms. The van der Waals surface area contributed by atoms with Crippen molar-refractivity contribution in [1.82, 2.24) is 10.3 Å². The van der Waals surface area contributed by atoms with Gasteiger partial charge in [-0.2, -0.15) is 0 Å². The van der Waals surface area contributed by atoms with Crippen LogP contribution in [0.3, 0.4) is 0 Å². The second-order valence-electron chi connectivity index (χ2n) is 5.65. The number of nitrogens with one attached hydrogen (secondary N) is 1. The van der Waals surface area contributed by atoms with Crippen LogP contribution < -0.4 is 10.2 Å². The average molecular weight is 341 g/mol. The molecule has 1 N–H and O–H groups in total. The molecule has 1 fully saturated rings. The third-order valence-electron chi connectivity index (χ3n) is 3.87. The number of carbonyl (C=O) groups excluding carboxylic acids is 2. The predicted molar refractivity (Wildman–Crippen MR) is 95.8 cm³/mol. The molecule has 0 unspecified atom stereocenters. The van der Waals surface area contributed by atoms with E-state index in [4.69, 9.17) is 0 Å². The smallest absolute Gasteiger partial charge is 0.249 e. The lowest BCUT2D eigenvalue weighted by atomic mass is 10.0. The molecule has 0 aliphatic carbocycles. The molecule has 0 spiro atoms. The van der Waals surface area contributed by atoms with Crippen LogP contribution in [0, 0.1) is 6.92 Å². The second-order valence-corrected chi connectivity index (χ2v) is 6.72. The van der Waals surface area contributed by atoms with Crippen molar-refractivity contribution in [3.05, 3.63) is 52.5 Å². The molecular weight excluding hydrogens is 322 g/mol. The van der Waals surface area contributed by atoms with Crippen LogP contribution in [0.4, 0.5) is 5.69 Å². The summed E-state index contributed by atoms with van der Waals surface area (Å²) >= 11 is 1.54. The molecule has 0 saturated carbocycles. The van der Waals surface area contributed by atoms with Crippen molar-refractivity contribution >= 4 is 34.9 Å². The van der Waals surface area contributed by atoms with Crippen molar-refractivity contribution in [3.63, 3.8) is 0 Å². The summed E-state index contributed by atoms with van der Waals surface area (Å²) in [4.78, 5) is 30.7. The number of benzene rings is 1. The van der Waals surface area contributed by atoms with Crippen LogP contribution in [0.5, 0.6) is 0 Å². The van der Waals surface area contributed by atoms with Gasteiger partial charge in [0.05, 0.1) is 10.7 Å². The maximum atomic E-state index is 12.6. The summed E-state index contributed by atoms with van der Waals surface area (Å²) in [6.07, 6.45) is 4.63. The fourth-order valence-electron chi connectivity index (χ4n) is 2.71. The van der Waals surface area contributed by atoms with Gasteiger partial charge in [-0.25, -0.2) is 4.98 Å². The van der Waals surface area contributed by atoms with E-state index in [2.05, 4.69) is 10.3 Å². The van der Waals surface area contributed by atoms with E-state index < -0.39 is 6.04 Å². The Morgan fingerprint density at radius 1 is 1.38 bits per heavy atom. The van der Waals surface area contributed by atoms with Gasteiger partial charge in [-0.05, 0) is 38.0 Å². The molecule has 1 aromatic heterocycles. The average Bonchev–Trinajstić information content (AvgIpc) is 3.01. The van der Waals surface area contributed by atoms with E-state index in [9.17, 15) is 9.59 Å². The molecule has 2 heterocycles. The molecule has 1 saturated heterocycles. The van der Waals surface area contributed by atoms with Gasteiger partial charge in [-0.15, -0.1) is 11.3 Å². The van der Waals surface area contributed by atoms with E-state index >= 15 is 0 Å². The summed E-state index contributed by atoms with van der Waals surface area (Å²) < 4.78 is 0. The Morgan fingerprint density at radius 2 is 2.17 bits per heavy atom. The first kappa shape index (κ1) is 16.4. The Morgan fingerprint density at radius 3 is 2.88 bits per heavy atom. The van der Waals surface area contributed by atoms with Gasteiger partial charge in [-0.3, -0.25) is 9.59 Å². The van der Waals surface area contributed by atoms with Crippen molar-refractivity contribution in [1.29, 1.82) is 0 Å². The van der Waals surface area contributed by atoms with Crippen molar-refractivity contribution in [2.45, 2.75) is 25.8 Å². The van der Waals surface area contributed by atoms with Gasteiger partial charge in [0.15, 0.2) is 0 Å². The van der Waals surface area contributed by atoms with E-state index in [-0.39, 0.29) is 11.8 Å². The molecule has 2 amide bonds. The quantitative estimate of drug-likeness (QED) is 0.870. The third kappa shape index (κ3) is 3.89. The number of aryl methyl sites for hydroxylation is 1. The Bertz CT molecular complexity index is 755. The van der Waals surface area contributed by atoms with Crippen LogP contribution in [0.25, 0.3) is 6.08 Å². The highest BCUT2D eigenvalue weighted by Crippen LogP contribution is 2.20. The van der Waals surface area contributed by atoms with Gasteiger partial charge < -0.3 is 10.2 Å². The number of anilines is 1. The highest BCUT2D eigenvalue weighted by atomic mass is 32.1. The molecule has 124 valence electrons. The molecule has 5 nitrogen and oxygen atoms in total. The maximum Gasteiger partial charge on any atom is 0.249 e. The molecule has 0 bridgehead atoms. The highest BCUT2D eigenvalue weighted by Gasteiger charge is 2.30. The minimum Gasteiger partial charge on any atom is -0.341 e.